The number of Topliss-reactive ketones (excluding diaryl/α,β-unsaturated/α-hetero) is 3. The van der Waals surface area contributed by atoms with Gasteiger partial charge in [0.05, 0.1) is 0 Å². The summed E-state index contributed by atoms with van der Waals surface area (Å²) in [5.41, 5.74) is 1.35. The number of benzene rings is 1. The second kappa shape index (κ2) is 6.41. The number of carbonyl (C=O) groups excluding carboxylic acids is 3. The standard InChI is InChI=1S/C16H20O3/c1-5-14(17)11-7-12(15(18)6-2)9-13(8-11)16(19)10(3)4/h7-10H,5-6H2,1-4H3. The van der Waals surface area contributed by atoms with Crippen molar-refractivity contribution in [1.29, 1.82) is 0 Å². The molecule has 3 heteroatoms. The third kappa shape index (κ3) is 3.60. The quantitative estimate of drug-likeness (QED) is 0.732. The van der Waals surface area contributed by atoms with Gasteiger partial charge in [0, 0.05) is 35.4 Å². The fourth-order valence-electron chi connectivity index (χ4n) is 1.83. The van der Waals surface area contributed by atoms with Gasteiger partial charge in [0.15, 0.2) is 17.3 Å². The SMILES string of the molecule is CCC(=O)c1cc(C(=O)CC)cc(C(=O)C(C)C)c1. The van der Waals surface area contributed by atoms with Crippen molar-refractivity contribution in [2.75, 3.05) is 0 Å². The first kappa shape index (κ1) is 15.3. The van der Waals surface area contributed by atoms with Crippen molar-refractivity contribution in [2.45, 2.75) is 40.5 Å². The molecule has 0 spiro atoms. The molecule has 1 aromatic carbocycles. The Morgan fingerprint density at radius 1 is 0.842 bits per heavy atom. The number of hydrogen-bond acceptors (Lipinski definition) is 3. The smallest absolute Gasteiger partial charge is 0.165 e. The van der Waals surface area contributed by atoms with E-state index >= 15 is 0 Å². The number of carbonyl (C=O) groups is 3. The summed E-state index contributed by atoms with van der Waals surface area (Å²) in [6.07, 6.45) is 0.720. The van der Waals surface area contributed by atoms with Gasteiger partial charge in [-0.2, -0.15) is 0 Å². The second-order valence-corrected chi connectivity index (χ2v) is 4.87. The predicted molar refractivity (Wildman–Crippen MR) is 74.9 cm³/mol. The molecule has 19 heavy (non-hydrogen) atoms. The molecule has 1 rings (SSSR count). The first-order valence-corrected chi connectivity index (χ1v) is 6.66. The topological polar surface area (TPSA) is 51.2 Å². The molecule has 0 heterocycles. The van der Waals surface area contributed by atoms with Crippen molar-refractivity contribution >= 4 is 17.3 Å². The molecule has 0 radical (unpaired) electrons. The van der Waals surface area contributed by atoms with Gasteiger partial charge in [0.25, 0.3) is 0 Å². The minimum Gasteiger partial charge on any atom is -0.294 e. The van der Waals surface area contributed by atoms with Gasteiger partial charge in [0.2, 0.25) is 0 Å². The molecule has 0 aliphatic carbocycles. The van der Waals surface area contributed by atoms with Crippen LogP contribution in [0.3, 0.4) is 0 Å². The Bertz CT molecular complexity index is 478. The van der Waals surface area contributed by atoms with Crippen molar-refractivity contribution in [3.63, 3.8) is 0 Å². The highest BCUT2D eigenvalue weighted by molar-refractivity contribution is 6.06. The van der Waals surface area contributed by atoms with Crippen LogP contribution in [0.15, 0.2) is 18.2 Å². The summed E-state index contributed by atoms with van der Waals surface area (Å²) in [5.74, 6) is -0.306. The lowest BCUT2D eigenvalue weighted by Crippen LogP contribution is -2.11. The normalized spacial score (nSPS) is 10.6. The van der Waals surface area contributed by atoms with Gasteiger partial charge in [-0.1, -0.05) is 27.7 Å². The molecular formula is C16H20O3. The number of hydrogen-bond donors (Lipinski definition) is 0. The molecule has 0 atom stereocenters. The van der Waals surface area contributed by atoms with E-state index in [9.17, 15) is 14.4 Å². The van der Waals surface area contributed by atoms with Crippen LogP contribution in [-0.2, 0) is 0 Å². The highest BCUT2D eigenvalue weighted by Crippen LogP contribution is 2.17. The zero-order chi connectivity index (χ0) is 14.6. The van der Waals surface area contributed by atoms with E-state index < -0.39 is 0 Å². The van der Waals surface area contributed by atoms with E-state index in [2.05, 4.69) is 0 Å². The average molecular weight is 260 g/mol. The summed E-state index contributed by atoms with van der Waals surface area (Å²) in [6.45, 7) is 7.14. The maximum atomic E-state index is 12.0. The minimum atomic E-state index is -0.156. The van der Waals surface area contributed by atoms with Crippen LogP contribution in [0.25, 0.3) is 0 Å². The molecule has 0 unspecified atom stereocenters. The highest BCUT2D eigenvalue weighted by atomic mass is 16.1. The van der Waals surface area contributed by atoms with E-state index in [0.717, 1.165) is 0 Å². The Hall–Kier alpha value is -1.77. The van der Waals surface area contributed by atoms with Crippen molar-refractivity contribution in [2.24, 2.45) is 5.92 Å². The lowest BCUT2D eigenvalue weighted by atomic mass is 9.93. The number of rotatable bonds is 6. The summed E-state index contributed by atoms with van der Waals surface area (Å²) in [6, 6.07) is 4.79. The Kier molecular flexibility index (Phi) is 5.16. The predicted octanol–water partition coefficient (Wildman–Crippen LogP) is 3.71. The second-order valence-electron chi connectivity index (χ2n) is 4.87. The molecular weight excluding hydrogens is 240 g/mol. The molecule has 0 bridgehead atoms. The van der Waals surface area contributed by atoms with Crippen molar-refractivity contribution in [3.05, 3.63) is 34.9 Å². The van der Waals surface area contributed by atoms with Crippen LogP contribution in [0.1, 0.15) is 71.6 Å². The van der Waals surface area contributed by atoms with Crippen molar-refractivity contribution < 1.29 is 14.4 Å². The maximum Gasteiger partial charge on any atom is 0.165 e. The Balaban J connectivity index is 3.36. The molecule has 0 amide bonds. The Labute approximate surface area is 114 Å². The molecule has 3 nitrogen and oxygen atoms in total. The van der Waals surface area contributed by atoms with E-state index in [4.69, 9.17) is 0 Å². The molecule has 102 valence electrons. The molecule has 0 saturated carbocycles. The van der Waals surface area contributed by atoms with Crippen LogP contribution in [0.4, 0.5) is 0 Å². The molecule has 0 aliphatic rings. The van der Waals surface area contributed by atoms with Gasteiger partial charge in [-0.3, -0.25) is 14.4 Å². The maximum absolute atomic E-state index is 12.0. The summed E-state index contributed by atoms with van der Waals surface area (Å²) >= 11 is 0. The van der Waals surface area contributed by atoms with E-state index in [0.29, 0.717) is 29.5 Å². The van der Waals surface area contributed by atoms with Crippen LogP contribution in [-0.4, -0.2) is 17.3 Å². The fraction of sp³-hybridized carbons (Fsp3) is 0.438. The van der Waals surface area contributed by atoms with E-state index in [1.54, 1.807) is 45.9 Å². The molecule has 0 aromatic heterocycles. The van der Waals surface area contributed by atoms with Crippen LogP contribution in [0.5, 0.6) is 0 Å². The molecule has 0 saturated heterocycles. The van der Waals surface area contributed by atoms with Gasteiger partial charge in [-0.15, -0.1) is 0 Å². The highest BCUT2D eigenvalue weighted by Gasteiger charge is 2.16. The van der Waals surface area contributed by atoms with Crippen LogP contribution >= 0.6 is 0 Å². The Morgan fingerprint density at radius 3 is 1.53 bits per heavy atom. The Morgan fingerprint density at radius 2 is 1.21 bits per heavy atom. The van der Waals surface area contributed by atoms with E-state index in [1.165, 1.54) is 0 Å². The van der Waals surface area contributed by atoms with Crippen molar-refractivity contribution in [1.82, 2.24) is 0 Å². The summed E-state index contributed by atoms with van der Waals surface area (Å²) in [4.78, 5) is 35.6. The third-order valence-electron chi connectivity index (χ3n) is 3.03. The van der Waals surface area contributed by atoms with Gasteiger partial charge in [-0.05, 0) is 18.2 Å². The first-order chi connectivity index (χ1) is 8.90. The average Bonchev–Trinajstić information content (AvgIpc) is 2.43. The molecule has 0 N–H and O–H groups in total. The zero-order valence-electron chi connectivity index (χ0n) is 11.9. The lowest BCUT2D eigenvalue weighted by Gasteiger charge is -2.09. The van der Waals surface area contributed by atoms with Gasteiger partial charge in [-0.25, -0.2) is 0 Å². The first-order valence-electron chi connectivity index (χ1n) is 6.66. The van der Waals surface area contributed by atoms with Crippen LogP contribution in [0.2, 0.25) is 0 Å². The summed E-state index contributed by atoms with van der Waals surface area (Å²) < 4.78 is 0. The van der Waals surface area contributed by atoms with E-state index in [1.807, 2.05) is 0 Å². The van der Waals surface area contributed by atoms with Gasteiger partial charge < -0.3 is 0 Å². The number of ketones is 3. The molecule has 1 aromatic rings. The molecule has 0 fully saturated rings. The van der Waals surface area contributed by atoms with Crippen LogP contribution in [0, 0.1) is 5.92 Å². The fourth-order valence-corrected chi connectivity index (χ4v) is 1.83. The monoisotopic (exact) mass is 260 g/mol. The van der Waals surface area contributed by atoms with Gasteiger partial charge >= 0.3 is 0 Å². The lowest BCUT2D eigenvalue weighted by molar-refractivity contribution is 0.0939. The van der Waals surface area contributed by atoms with E-state index in [-0.39, 0.29) is 23.3 Å². The molecule has 0 aliphatic heterocycles. The summed E-state index contributed by atoms with van der Waals surface area (Å²) in [5, 5.41) is 0. The van der Waals surface area contributed by atoms with Crippen molar-refractivity contribution in [3.8, 4) is 0 Å². The van der Waals surface area contributed by atoms with Gasteiger partial charge in [0.1, 0.15) is 0 Å². The third-order valence-corrected chi connectivity index (χ3v) is 3.03. The minimum absolute atomic E-state index is 0.0455. The largest absolute Gasteiger partial charge is 0.294 e. The zero-order valence-corrected chi connectivity index (χ0v) is 11.9. The van der Waals surface area contributed by atoms with Crippen LogP contribution < -0.4 is 0 Å². The summed E-state index contributed by atoms with van der Waals surface area (Å²) in [7, 11) is 0.